The number of carbonyl (C=O) groups is 1. The van der Waals surface area contributed by atoms with Crippen molar-refractivity contribution < 1.29 is 9.53 Å². The number of thiazole rings is 1. The Bertz CT molecular complexity index is 637. The third-order valence-corrected chi connectivity index (χ3v) is 4.37. The number of benzene rings is 1. The second-order valence-electron chi connectivity index (χ2n) is 4.92. The molecule has 0 spiro atoms. The molecule has 21 heavy (non-hydrogen) atoms. The SMILES string of the molecule is Nc1ccc2nc(NCCC(=O)N3CCOCC3)sc2c1. The lowest BCUT2D eigenvalue weighted by atomic mass is 10.3. The average molecular weight is 306 g/mol. The molecule has 3 N–H and O–H groups in total. The number of hydrogen-bond acceptors (Lipinski definition) is 6. The lowest BCUT2D eigenvalue weighted by Crippen LogP contribution is -2.41. The molecule has 1 aromatic heterocycles. The minimum Gasteiger partial charge on any atom is -0.399 e. The topological polar surface area (TPSA) is 80.5 Å². The Balaban J connectivity index is 1.53. The van der Waals surface area contributed by atoms with E-state index in [0.717, 1.165) is 21.0 Å². The maximum absolute atomic E-state index is 12.0. The number of anilines is 2. The van der Waals surface area contributed by atoms with Crippen LogP contribution in [0, 0.1) is 0 Å². The molecule has 0 bridgehead atoms. The first-order valence-electron chi connectivity index (χ1n) is 6.98. The van der Waals surface area contributed by atoms with Crippen molar-refractivity contribution in [1.29, 1.82) is 0 Å². The number of hydrogen-bond donors (Lipinski definition) is 2. The van der Waals surface area contributed by atoms with E-state index in [1.54, 1.807) is 11.3 Å². The maximum Gasteiger partial charge on any atom is 0.224 e. The molecule has 0 aliphatic carbocycles. The molecule has 1 aliphatic heterocycles. The van der Waals surface area contributed by atoms with Crippen LogP contribution in [0.15, 0.2) is 18.2 Å². The predicted octanol–water partition coefficient (Wildman–Crippen LogP) is 1.54. The summed E-state index contributed by atoms with van der Waals surface area (Å²) in [7, 11) is 0. The molecule has 1 aromatic carbocycles. The molecule has 2 aromatic rings. The maximum atomic E-state index is 12.0. The standard InChI is InChI=1S/C14H18N4O2S/c15-10-1-2-11-12(9-10)21-14(17-11)16-4-3-13(19)18-5-7-20-8-6-18/h1-2,9H,3-8,15H2,(H,16,17). The van der Waals surface area contributed by atoms with Crippen LogP contribution in [0.2, 0.25) is 0 Å². The first kappa shape index (κ1) is 14.1. The summed E-state index contributed by atoms with van der Waals surface area (Å²) in [6, 6.07) is 5.66. The van der Waals surface area contributed by atoms with Crippen LogP contribution in [-0.2, 0) is 9.53 Å². The molecule has 0 saturated carbocycles. The predicted molar refractivity (Wildman–Crippen MR) is 84.5 cm³/mol. The molecule has 0 atom stereocenters. The molecule has 2 heterocycles. The number of amides is 1. The van der Waals surface area contributed by atoms with Crippen molar-refractivity contribution in [1.82, 2.24) is 9.88 Å². The zero-order valence-electron chi connectivity index (χ0n) is 11.7. The molecule has 1 saturated heterocycles. The average Bonchev–Trinajstić information content (AvgIpc) is 2.89. The van der Waals surface area contributed by atoms with Gasteiger partial charge in [-0.25, -0.2) is 4.98 Å². The fourth-order valence-electron chi connectivity index (χ4n) is 2.26. The fraction of sp³-hybridized carbons (Fsp3) is 0.429. The van der Waals surface area contributed by atoms with Gasteiger partial charge in [0.2, 0.25) is 5.91 Å². The van der Waals surface area contributed by atoms with Gasteiger partial charge in [-0.2, -0.15) is 0 Å². The molecule has 1 aliphatic rings. The molecule has 7 heteroatoms. The molecule has 1 amide bonds. The van der Waals surface area contributed by atoms with Gasteiger partial charge < -0.3 is 20.7 Å². The molecular weight excluding hydrogens is 288 g/mol. The Morgan fingerprint density at radius 3 is 3.05 bits per heavy atom. The Kier molecular flexibility index (Phi) is 4.21. The van der Waals surface area contributed by atoms with Gasteiger partial charge in [-0.1, -0.05) is 11.3 Å². The Morgan fingerprint density at radius 1 is 1.43 bits per heavy atom. The molecule has 112 valence electrons. The Morgan fingerprint density at radius 2 is 2.24 bits per heavy atom. The zero-order chi connectivity index (χ0) is 14.7. The molecule has 1 fully saturated rings. The summed E-state index contributed by atoms with van der Waals surface area (Å²) in [5.41, 5.74) is 7.42. The number of rotatable bonds is 4. The van der Waals surface area contributed by atoms with Crippen LogP contribution in [0.4, 0.5) is 10.8 Å². The van der Waals surface area contributed by atoms with E-state index in [2.05, 4.69) is 10.3 Å². The van der Waals surface area contributed by atoms with Crippen molar-refractivity contribution in [3.05, 3.63) is 18.2 Å². The van der Waals surface area contributed by atoms with E-state index in [1.807, 2.05) is 23.1 Å². The largest absolute Gasteiger partial charge is 0.399 e. The number of ether oxygens (including phenoxy) is 1. The highest BCUT2D eigenvalue weighted by Crippen LogP contribution is 2.27. The molecule has 6 nitrogen and oxygen atoms in total. The molecular formula is C14H18N4O2S. The first-order chi connectivity index (χ1) is 10.2. The van der Waals surface area contributed by atoms with Crippen molar-refractivity contribution in [3.8, 4) is 0 Å². The number of morpholine rings is 1. The lowest BCUT2D eigenvalue weighted by Gasteiger charge is -2.26. The van der Waals surface area contributed by atoms with Crippen molar-refractivity contribution in [3.63, 3.8) is 0 Å². The summed E-state index contributed by atoms with van der Waals surface area (Å²) in [6.45, 7) is 3.25. The van der Waals surface area contributed by atoms with Crippen LogP contribution in [0.3, 0.4) is 0 Å². The fourth-order valence-corrected chi connectivity index (χ4v) is 3.20. The normalized spacial score (nSPS) is 15.3. The number of nitrogen functional groups attached to an aromatic ring is 1. The second-order valence-corrected chi connectivity index (χ2v) is 5.95. The van der Waals surface area contributed by atoms with E-state index in [9.17, 15) is 4.79 Å². The monoisotopic (exact) mass is 306 g/mol. The number of nitrogens with one attached hydrogen (secondary N) is 1. The third kappa shape index (κ3) is 3.43. The Labute approximate surface area is 126 Å². The molecule has 0 radical (unpaired) electrons. The van der Waals surface area contributed by atoms with E-state index in [0.29, 0.717) is 39.3 Å². The van der Waals surface area contributed by atoms with Crippen LogP contribution >= 0.6 is 11.3 Å². The summed E-state index contributed by atoms with van der Waals surface area (Å²) < 4.78 is 6.29. The van der Waals surface area contributed by atoms with Gasteiger partial charge in [0.1, 0.15) is 0 Å². The van der Waals surface area contributed by atoms with Gasteiger partial charge in [0.15, 0.2) is 5.13 Å². The van der Waals surface area contributed by atoms with E-state index in [1.165, 1.54) is 0 Å². The number of aromatic nitrogens is 1. The van der Waals surface area contributed by atoms with Gasteiger partial charge in [-0.05, 0) is 18.2 Å². The van der Waals surface area contributed by atoms with Gasteiger partial charge in [-0.3, -0.25) is 4.79 Å². The van der Waals surface area contributed by atoms with E-state index >= 15 is 0 Å². The quantitative estimate of drug-likeness (QED) is 0.838. The zero-order valence-corrected chi connectivity index (χ0v) is 12.5. The van der Waals surface area contributed by atoms with Gasteiger partial charge in [0.25, 0.3) is 0 Å². The number of nitrogens with two attached hydrogens (primary N) is 1. The van der Waals surface area contributed by atoms with E-state index < -0.39 is 0 Å². The number of nitrogens with zero attached hydrogens (tertiary/aromatic N) is 2. The first-order valence-corrected chi connectivity index (χ1v) is 7.79. The van der Waals surface area contributed by atoms with Gasteiger partial charge >= 0.3 is 0 Å². The minimum atomic E-state index is 0.163. The van der Waals surface area contributed by atoms with Crippen molar-refractivity contribution in [2.75, 3.05) is 43.9 Å². The highest BCUT2D eigenvalue weighted by molar-refractivity contribution is 7.22. The van der Waals surface area contributed by atoms with E-state index in [4.69, 9.17) is 10.5 Å². The van der Waals surface area contributed by atoms with Gasteiger partial charge in [0.05, 0.1) is 23.4 Å². The van der Waals surface area contributed by atoms with Crippen molar-refractivity contribution in [2.24, 2.45) is 0 Å². The summed E-state index contributed by atoms with van der Waals surface area (Å²) >= 11 is 1.55. The minimum absolute atomic E-state index is 0.163. The molecule has 3 rings (SSSR count). The van der Waals surface area contributed by atoms with Crippen LogP contribution in [0.1, 0.15) is 6.42 Å². The van der Waals surface area contributed by atoms with Gasteiger partial charge in [-0.15, -0.1) is 0 Å². The Hall–Kier alpha value is -1.86. The van der Waals surface area contributed by atoms with Gasteiger partial charge in [0, 0.05) is 31.7 Å². The smallest absolute Gasteiger partial charge is 0.224 e. The van der Waals surface area contributed by atoms with E-state index in [-0.39, 0.29) is 5.91 Å². The van der Waals surface area contributed by atoms with Crippen LogP contribution in [-0.4, -0.2) is 48.6 Å². The third-order valence-electron chi connectivity index (χ3n) is 3.39. The van der Waals surface area contributed by atoms with Crippen LogP contribution in [0.25, 0.3) is 10.2 Å². The van der Waals surface area contributed by atoms with Crippen molar-refractivity contribution >= 4 is 38.3 Å². The van der Waals surface area contributed by atoms with Crippen LogP contribution in [0.5, 0.6) is 0 Å². The van der Waals surface area contributed by atoms with Crippen LogP contribution < -0.4 is 11.1 Å². The molecule has 0 unspecified atom stereocenters. The summed E-state index contributed by atoms with van der Waals surface area (Å²) in [4.78, 5) is 18.3. The lowest BCUT2D eigenvalue weighted by molar-refractivity contribution is -0.134. The van der Waals surface area contributed by atoms with Crippen molar-refractivity contribution in [2.45, 2.75) is 6.42 Å². The highest BCUT2D eigenvalue weighted by Gasteiger charge is 2.16. The second kappa shape index (κ2) is 6.28. The summed E-state index contributed by atoms with van der Waals surface area (Å²) in [6.07, 6.45) is 0.470. The summed E-state index contributed by atoms with van der Waals surface area (Å²) in [5, 5.41) is 4.04. The summed E-state index contributed by atoms with van der Waals surface area (Å²) in [5.74, 6) is 0.163. The highest BCUT2D eigenvalue weighted by atomic mass is 32.1. The number of carbonyl (C=O) groups excluding carboxylic acids is 1. The number of fused-ring (bicyclic) bond motifs is 1.